The van der Waals surface area contributed by atoms with Crippen molar-refractivity contribution in [3.8, 4) is 0 Å². The summed E-state index contributed by atoms with van der Waals surface area (Å²) in [6.07, 6.45) is 2.33. The van der Waals surface area contributed by atoms with E-state index in [9.17, 15) is 9.59 Å². The van der Waals surface area contributed by atoms with Crippen LogP contribution in [0.1, 0.15) is 30.6 Å². The van der Waals surface area contributed by atoms with E-state index in [1.807, 2.05) is 49.7 Å². The zero-order valence-electron chi connectivity index (χ0n) is 13.4. The number of fused-ring (bicyclic) bond motifs is 1. The summed E-state index contributed by atoms with van der Waals surface area (Å²) in [4.78, 5) is 24.4. The van der Waals surface area contributed by atoms with Crippen molar-refractivity contribution in [3.63, 3.8) is 0 Å². The van der Waals surface area contributed by atoms with E-state index in [0.717, 1.165) is 10.9 Å². The van der Waals surface area contributed by atoms with Crippen LogP contribution in [0, 0.1) is 5.92 Å². The Morgan fingerprint density at radius 2 is 1.95 bits per heavy atom. The third-order valence-electron chi connectivity index (χ3n) is 3.64. The number of benzene rings is 1. The van der Waals surface area contributed by atoms with Gasteiger partial charge in [-0.05, 0) is 18.4 Å². The van der Waals surface area contributed by atoms with Gasteiger partial charge in [0.1, 0.15) is 6.04 Å². The number of hydrogen-bond donors (Lipinski definition) is 1. The topological polar surface area (TPSA) is 60.3 Å². The van der Waals surface area contributed by atoms with Crippen LogP contribution >= 0.6 is 0 Å². The number of aromatic nitrogens is 1. The second-order valence-electron chi connectivity index (χ2n) is 5.85. The van der Waals surface area contributed by atoms with Crippen molar-refractivity contribution in [1.29, 1.82) is 0 Å². The second-order valence-corrected chi connectivity index (χ2v) is 5.85. The third kappa shape index (κ3) is 3.30. The monoisotopic (exact) mass is 302 g/mol. The lowest BCUT2D eigenvalue weighted by Crippen LogP contribution is -2.42. The normalized spacial score (nSPS) is 12.4. The fourth-order valence-electron chi connectivity index (χ4n) is 2.59. The van der Waals surface area contributed by atoms with Crippen LogP contribution in [-0.4, -0.2) is 29.6 Å². The molecule has 0 radical (unpaired) electrons. The van der Waals surface area contributed by atoms with Crippen LogP contribution in [0.4, 0.5) is 0 Å². The molecule has 0 spiro atoms. The van der Waals surface area contributed by atoms with Gasteiger partial charge < -0.3 is 14.6 Å². The molecule has 0 aliphatic carbocycles. The molecular weight excluding hydrogens is 280 g/mol. The highest BCUT2D eigenvalue weighted by Gasteiger charge is 2.24. The van der Waals surface area contributed by atoms with Gasteiger partial charge in [0.2, 0.25) is 0 Å². The van der Waals surface area contributed by atoms with E-state index in [4.69, 9.17) is 4.74 Å². The number of nitrogens with zero attached hydrogens (tertiary/aromatic N) is 1. The van der Waals surface area contributed by atoms with E-state index >= 15 is 0 Å². The average Bonchev–Trinajstić information content (AvgIpc) is 2.83. The molecule has 1 heterocycles. The van der Waals surface area contributed by atoms with E-state index in [1.165, 1.54) is 7.11 Å². The molecule has 1 aromatic heterocycles. The van der Waals surface area contributed by atoms with Crippen LogP contribution in [0.15, 0.2) is 30.5 Å². The van der Waals surface area contributed by atoms with Gasteiger partial charge in [0.25, 0.3) is 5.91 Å². The molecule has 0 unspecified atom stereocenters. The van der Waals surface area contributed by atoms with Gasteiger partial charge in [0.15, 0.2) is 0 Å². The van der Waals surface area contributed by atoms with Crippen LogP contribution in [0.2, 0.25) is 0 Å². The molecule has 0 aliphatic rings. The lowest BCUT2D eigenvalue weighted by molar-refractivity contribution is -0.143. The van der Waals surface area contributed by atoms with Crippen LogP contribution in [0.25, 0.3) is 10.9 Å². The number of methoxy groups -OCH3 is 1. The molecule has 0 bridgehead atoms. The SMILES string of the molecule is COC(=O)[C@@H](CC(C)C)NC(=O)c1cn(C)c2ccccc12. The van der Waals surface area contributed by atoms with Gasteiger partial charge in [0, 0.05) is 24.1 Å². The van der Waals surface area contributed by atoms with Gasteiger partial charge in [-0.1, -0.05) is 32.0 Å². The molecule has 1 amide bonds. The zero-order valence-corrected chi connectivity index (χ0v) is 13.4. The number of amides is 1. The summed E-state index contributed by atoms with van der Waals surface area (Å²) in [6.45, 7) is 4.00. The van der Waals surface area contributed by atoms with Crippen molar-refractivity contribution in [2.24, 2.45) is 13.0 Å². The number of nitrogens with one attached hydrogen (secondary N) is 1. The van der Waals surface area contributed by atoms with E-state index in [-0.39, 0.29) is 11.8 Å². The summed E-state index contributed by atoms with van der Waals surface area (Å²) in [5.41, 5.74) is 1.54. The Balaban J connectivity index is 2.27. The maximum absolute atomic E-state index is 12.6. The largest absolute Gasteiger partial charge is 0.467 e. The summed E-state index contributed by atoms with van der Waals surface area (Å²) in [7, 11) is 3.23. The quantitative estimate of drug-likeness (QED) is 0.863. The van der Waals surface area contributed by atoms with Crippen molar-refractivity contribution in [2.45, 2.75) is 26.3 Å². The first-order chi connectivity index (χ1) is 10.4. The molecule has 2 rings (SSSR count). The predicted octanol–water partition coefficient (Wildman–Crippen LogP) is 2.50. The maximum Gasteiger partial charge on any atom is 0.328 e. The zero-order chi connectivity index (χ0) is 16.3. The van der Waals surface area contributed by atoms with Crippen molar-refractivity contribution >= 4 is 22.8 Å². The molecule has 118 valence electrons. The number of aryl methyl sites for hydroxylation is 1. The maximum atomic E-state index is 12.6. The molecule has 0 saturated heterocycles. The van der Waals surface area contributed by atoms with Crippen LogP contribution in [0.5, 0.6) is 0 Å². The average molecular weight is 302 g/mol. The first-order valence-corrected chi connectivity index (χ1v) is 7.36. The Labute approximate surface area is 130 Å². The number of hydrogen-bond acceptors (Lipinski definition) is 3. The third-order valence-corrected chi connectivity index (χ3v) is 3.64. The Morgan fingerprint density at radius 3 is 2.59 bits per heavy atom. The highest BCUT2D eigenvalue weighted by atomic mass is 16.5. The van der Waals surface area contributed by atoms with Gasteiger partial charge in [-0.3, -0.25) is 4.79 Å². The molecule has 1 aromatic carbocycles. The van der Waals surface area contributed by atoms with Gasteiger partial charge in [-0.2, -0.15) is 0 Å². The van der Waals surface area contributed by atoms with Gasteiger partial charge >= 0.3 is 5.97 Å². The standard InChI is InChI=1S/C17H22N2O3/c1-11(2)9-14(17(21)22-4)18-16(20)13-10-19(3)15-8-6-5-7-12(13)15/h5-8,10-11,14H,9H2,1-4H3,(H,18,20)/t14-/m1/s1. The lowest BCUT2D eigenvalue weighted by atomic mass is 10.0. The lowest BCUT2D eigenvalue weighted by Gasteiger charge is -2.18. The summed E-state index contributed by atoms with van der Waals surface area (Å²) in [6, 6.07) is 7.06. The Hall–Kier alpha value is -2.30. The fraction of sp³-hybridized carbons (Fsp3) is 0.412. The Kier molecular flexibility index (Phi) is 4.85. The van der Waals surface area contributed by atoms with Gasteiger partial charge in [-0.25, -0.2) is 4.79 Å². The first kappa shape index (κ1) is 16.1. The summed E-state index contributed by atoms with van der Waals surface area (Å²) in [5, 5.41) is 3.66. The number of rotatable bonds is 5. The number of para-hydroxylation sites is 1. The minimum absolute atomic E-state index is 0.257. The van der Waals surface area contributed by atoms with Gasteiger partial charge in [0.05, 0.1) is 12.7 Å². The molecule has 5 heteroatoms. The molecule has 2 aromatic rings. The molecule has 1 N–H and O–H groups in total. The fourth-order valence-corrected chi connectivity index (χ4v) is 2.59. The van der Waals surface area contributed by atoms with Crippen molar-refractivity contribution in [2.75, 3.05) is 7.11 Å². The smallest absolute Gasteiger partial charge is 0.328 e. The van der Waals surface area contributed by atoms with Gasteiger partial charge in [-0.15, -0.1) is 0 Å². The molecule has 5 nitrogen and oxygen atoms in total. The Morgan fingerprint density at radius 1 is 1.27 bits per heavy atom. The summed E-state index contributed by atoms with van der Waals surface area (Å²) >= 11 is 0. The van der Waals surface area contributed by atoms with Crippen LogP contribution < -0.4 is 5.32 Å². The molecular formula is C17H22N2O3. The summed E-state index contributed by atoms with van der Waals surface area (Å²) < 4.78 is 6.69. The Bertz CT molecular complexity index is 688. The highest BCUT2D eigenvalue weighted by molar-refractivity contribution is 6.07. The molecule has 1 atom stereocenters. The number of carbonyl (C=O) groups excluding carboxylic acids is 2. The highest BCUT2D eigenvalue weighted by Crippen LogP contribution is 2.20. The van der Waals surface area contributed by atoms with E-state index in [1.54, 1.807) is 6.20 Å². The molecule has 22 heavy (non-hydrogen) atoms. The van der Waals surface area contributed by atoms with Crippen molar-refractivity contribution < 1.29 is 14.3 Å². The number of carbonyl (C=O) groups is 2. The number of ether oxygens (including phenoxy) is 1. The van der Waals surface area contributed by atoms with Crippen LogP contribution in [-0.2, 0) is 16.6 Å². The first-order valence-electron chi connectivity index (χ1n) is 7.36. The molecule has 0 saturated carbocycles. The van der Waals surface area contributed by atoms with E-state index in [0.29, 0.717) is 12.0 Å². The van der Waals surface area contributed by atoms with E-state index in [2.05, 4.69) is 5.32 Å². The minimum Gasteiger partial charge on any atom is -0.467 e. The summed E-state index contributed by atoms with van der Waals surface area (Å²) in [5.74, 6) is -0.396. The van der Waals surface area contributed by atoms with Crippen LogP contribution in [0.3, 0.4) is 0 Å². The minimum atomic E-state index is -0.628. The number of esters is 1. The second kappa shape index (κ2) is 6.64. The molecule has 0 fully saturated rings. The predicted molar refractivity (Wildman–Crippen MR) is 85.6 cm³/mol. The molecule has 0 aliphatic heterocycles. The van der Waals surface area contributed by atoms with E-state index < -0.39 is 12.0 Å². The van der Waals surface area contributed by atoms with Crippen molar-refractivity contribution in [3.05, 3.63) is 36.0 Å². The van der Waals surface area contributed by atoms with Crippen molar-refractivity contribution in [1.82, 2.24) is 9.88 Å².